The predicted molar refractivity (Wildman–Crippen MR) is 147 cm³/mol. The number of nitrogens with one attached hydrogen (secondary N) is 2. The number of hydrogen-bond donors (Lipinski definition) is 3. The van der Waals surface area contributed by atoms with Crippen LogP contribution in [0.5, 0.6) is 0 Å². The zero-order chi connectivity index (χ0) is 26.4. The van der Waals surface area contributed by atoms with Crippen molar-refractivity contribution in [3.05, 3.63) is 78.1 Å². The van der Waals surface area contributed by atoms with Crippen LogP contribution in [0.1, 0.15) is 43.4 Å². The molecule has 2 bridgehead atoms. The van der Waals surface area contributed by atoms with Gasteiger partial charge in [0.25, 0.3) is 0 Å². The Kier molecular flexibility index (Phi) is 8.00. The van der Waals surface area contributed by atoms with Gasteiger partial charge in [-0.25, -0.2) is 4.79 Å². The highest BCUT2D eigenvalue weighted by molar-refractivity contribution is 5.92. The van der Waals surface area contributed by atoms with Crippen molar-refractivity contribution in [2.24, 2.45) is 0 Å². The number of aliphatic hydroxyl groups excluding tert-OH is 1. The highest BCUT2D eigenvalue weighted by atomic mass is 16.6. The number of ether oxygens (including phenoxy) is 1. The van der Waals surface area contributed by atoms with Gasteiger partial charge in [-0.05, 0) is 42.2 Å². The molecule has 6 rings (SSSR count). The van der Waals surface area contributed by atoms with Gasteiger partial charge in [0.05, 0.1) is 29.9 Å². The van der Waals surface area contributed by atoms with Crippen LogP contribution in [0, 0.1) is 0 Å². The van der Waals surface area contributed by atoms with E-state index in [4.69, 9.17) is 9.84 Å². The van der Waals surface area contributed by atoms with Crippen LogP contribution < -0.4 is 10.6 Å². The van der Waals surface area contributed by atoms with E-state index in [9.17, 15) is 9.59 Å². The molecule has 0 spiro atoms. The number of carbonyl (C=O) groups excluding carboxylic acids is 2. The van der Waals surface area contributed by atoms with Gasteiger partial charge in [-0.1, -0.05) is 42.5 Å². The molecular formula is C30H34N4O4. The van der Waals surface area contributed by atoms with Crippen LogP contribution in [0.2, 0.25) is 0 Å². The third-order valence-electron chi connectivity index (χ3n) is 7.51. The second-order valence-corrected chi connectivity index (χ2v) is 10.1. The van der Waals surface area contributed by atoms with Gasteiger partial charge in [0.1, 0.15) is 5.60 Å². The first-order valence-corrected chi connectivity index (χ1v) is 13.3. The van der Waals surface area contributed by atoms with Gasteiger partial charge >= 0.3 is 6.09 Å². The Labute approximate surface area is 223 Å². The van der Waals surface area contributed by atoms with Crippen molar-refractivity contribution in [3.63, 3.8) is 0 Å². The maximum absolute atomic E-state index is 13.1. The minimum atomic E-state index is -0.408. The summed E-state index contributed by atoms with van der Waals surface area (Å²) in [6.07, 6.45) is 5.48. The van der Waals surface area contributed by atoms with Crippen LogP contribution in [-0.4, -0.2) is 52.2 Å². The lowest BCUT2D eigenvalue weighted by molar-refractivity contribution is -0.116. The van der Waals surface area contributed by atoms with Crippen LogP contribution in [0.3, 0.4) is 0 Å². The second-order valence-electron chi connectivity index (χ2n) is 10.1. The summed E-state index contributed by atoms with van der Waals surface area (Å²) in [6.45, 7) is 2.81. The summed E-state index contributed by atoms with van der Waals surface area (Å²) >= 11 is 0. The highest BCUT2D eigenvalue weighted by Crippen LogP contribution is 2.36. The first-order valence-electron chi connectivity index (χ1n) is 13.3. The third-order valence-corrected chi connectivity index (χ3v) is 7.51. The van der Waals surface area contributed by atoms with Crippen molar-refractivity contribution in [2.45, 2.75) is 50.7 Å². The molecule has 8 heteroatoms. The van der Waals surface area contributed by atoms with Crippen molar-refractivity contribution in [1.29, 1.82) is 0 Å². The molecule has 4 heterocycles. The van der Waals surface area contributed by atoms with Crippen LogP contribution in [0.25, 0.3) is 11.1 Å². The molecule has 3 aliphatic rings. The number of aliphatic hydroxyl groups is 1. The van der Waals surface area contributed by atoms with Crippen molar-refractivity contribution >= 4 is 23.4 Å². The molecule has 3 aromatic rings. The third kappa shape index (κ3) is 6.38. The SMILES string of the molecule is O=C(CCCc1ccc(-c2ccccc2)c(NC(=O)OC23CCN(CC2)CC3)c1)Nc1ccc(CO)nc1. The Morgan fingerprint density at radius 3 is 2.42 bits per heavy atom. The number of hydrogen-bond acceptors (Lipinski definition) is 6. The number of pyridine rings is 1. The maximum atomic E-state index is 13.1. The molecule has 0 atom stereocenters. The average Bonchev–Trinajstić information content (AvgIpc) is 2.95. The summed E-state index contributed by atoms with van der Waals surface area (Å²) in [5, 5.41) is 15.0. The Morgan fingerprint density at radius 2 is 1.74 bits per heavy atom. The maximum Gasteiger partial charge on any atom is 0.412 e. The fourth-order valence-corrected chi connectivity index (χ4v) is 5.27. The van der Waals surface area contributed by atoms with E-state index in [-0.39, 0.29) is 18.1 Å². The number of aryl methyl sites for hydroxylation is 1. The van der Waals surface area contributed by atoms with Crippen LogP contribution in [0.15, 0.2) is 66.9 Å². The van der Waals surface area contributed by atoms with Crippen molar-refractivity contribution in [3.8, 4) is 11.1 Å². The predicted octanol–water partition coefficient (Wildman–Crippen LogP) is 4.99. The molecule has 3 aliphatic heterocycles. The van der Waals surface area contributed by atoms with E-state index in [1.807, 2.05) is 48.5 Å². The molecule has 2 aromatic carbocycles. The van der Waals surface area contributed by atoms with Gasteiger partial charge in [-0.15, -0.1) is 0 Å². The van der Waals surface area contributed by atoms with E-state index in [0.717, 1.165) is 55.6 Å². The number of piperidine rings is 3. The zero-order valence-corrected chi connectivity index (χ0v) is 21.5. The average molecular weight is 515 g/mol. The van der Waals surface area contributed by atoms with E-state index >= 15 is 0 Å². The van der Waals surface area contributed by atoms with E-state index in [0.29, 0.717) is 36.3 Å². The monoisotopic (exact) mass is 514 g/mol. The number of rotatable bonds is 9. The van der Waals surface area contributed by atoms with Gasteiger partial charge < -0.3 is 20.1 Å². The zero-order valence-electron chi connectivity index (χ0n) is 21.5. The lowest BCUT2D eigenvalue weighted by atomic mass is 9.83. The summed E-state index contributed by atoms with van der Waals surface area (Å²) in [5.41, 5.74) is 4.49. The molecule has 0 unspecified atom stereocenters. The summed E-state index contributed by atoms with van der Waals surface area (Å²) in [4.78, 5) is 32.0. The molecule has 1 aromatic heterocycles. The fourth-order valence-electron chi connectivity index (χ4n) is 5.27. The Hall–Kier alpha value is -3.75. The molecule has 3 saturated heterocycles. The second kappa shape index (κ2) is 11.8. The molecule has 8 nitrogen and oxygen atoms in total. The number of amides is 2. The Balaban J connectivity index is 1.23. The van der Waals surface area contributed by atoms with Gasteiger partial charge in [-0.2, -0.15) is 0 Å². The number of carbonyl (C=O) groups is 2. The van der Waals surface area contributed by atoms with Gasteiger partial charge in [-0.3, -0.25) is 15.1 Å². The summed E-state index contributed by atoms with van der Waals surface area (Å²) in [5.74, 6) is -0.0934. The summed E-state index contributed by atoms with van der Waals surface area (Å²) < 4.78 is 6.04. The standard InChI is InChI=1S/C30H34N4O4/c35-21-25-11-10-24(20-31-25)32-28(36)8-4-5-22-9-12-26(23-6-2-1-3-7-23)27(19-22)33-29(37)38-30-13-16-34(17-14-30)18-15-30/h1-3,6-7,9-12,19-20,35H,4-5,8,13-18,21H2,(H,32,36)(H,33,37). The summed E-state index contributed by atoms with van der Waals surface area (Å²) in [6, 6.07) is 19.4. The molecule has 38 heavy (non-hydrogen) atoms. The van der Waals surface area contributed by atoms with Gasteiger partial charge in [0, 0.05) is 50.9 Å². The smallest absolute Gasteiger partial charge is 0.412 e. The molecule has 0 aliphatic carbocycles. The van der Waals surface area contributed by atoms with Crippen molar-refractivity contribution in [2.75, 3.05) is 30.3 Å². The lowest BCUT2D eigenvalue weighted by Gasteiger charge is -2.47. The van der Waals surface area contributed by atoms with Crippen LogP contribution >= 0.6 is 0 Å². The molecule has 2 amide bonds. The fraction of sp³-hybridized carbons (Fsp3) is 0.367. The van der Waals surface area contributed by atoms with Crippen molar-refractivity contribution < 1.29 is 19.4 Å². The van der Waals surface area contributed by atoms with E-state index in [1.165, 1.54) is 0 Å². The number of nitrogens with zero attached hydrogens (tertiary/aromatic N) is 2. The quantitative estimate of drug-likeness (QED) is 0.372. The molecule has 3 N–H and O–H groups in total. The first kappa shape index (κ1) is 25.9. The van der Waals surface area contributed by atoms with Gasteiger partial charge in [0.15, 0.2) is 0 Å². The highest BCUT2D eigenvalue weighted by Gasteiger charge is 2.42. The first-order chi connectivity index (χ1) is 18.5. The molecule has 0 radical (unpaired) electrons. The molecular weight excluding hydrogens is 480 g/mol. The number of fused-ring (bicyclic) bond motifs is 3. The van der Waals surface area contributed by atoms with E-state index in [2.05, 4.69) is 20.5 Å². The van der Waals surface area contributed by atoms with E-state index < -0.39 is 6.09 Å². The van der Waals surface area contributed by atoms with Crippen LogP contribution in [-0.2, 0) is 22.6 Å². The molecule has 198 valence electrons. The molecule has 0 saturated carbocycles. The van der Waals surface area contributed by atoms with E-state index in [1.54, 1.807) is 18.3 Å². The minimum Gasteiger partial charge on any atom is -0.443 e. The normalized spacial score (nSPS) is 20.1. The summed E-state index contributed by atoms with van der Waals surface area (Å²) in [7, 11) is 0. The topological polar surface area (TPSA) is 104 Å². The largest absolute Gasteiger partial charge is 0.443 e. The van der Waals surface area contributed by atoms with Gasteiger partial charge in [0.2, 0.25) is 5.91 Å². The Bertz CT molecular complexity index is 1240. The Morgan fingerprint density at radius 1 is 0.974 bits per heavy atom. The van der Waals surface area contributed by atoms with Crippen molar-refractivity contribution in [1.82, 2.24) is 9.88 Å². The number of benzene rings is 2. The minimum absolute atomic E-state index is 0.0934. The molecule has 3 fully saturated rings. The van der Waals surface area contributed by atoms with Crippen LogP contribution in [0.4, 0.5) is 16.2 Å². The number of aromatic nitrogens is 1. The number of anilines is 2. The lowest BCUT2D eigenvalue weighted by Crippen LogP contribution is -2.54.